The van der Waals surface area contributed by atoms with Crippen LogP contribution in [0, 0.1) is 18.3 Å². The molecular weight excluding hydrogens is 298 g/mol. The number of thioether (sulfide) groups is 1. The van der Waals surface area contributed by atoms with Gasteiger partial charge >= 0.3 is 5.97 Å². The molecule has 0 spiro atoms. The summed E-state index contributed by atoms with van der Waals surface area (Å²) in [5, 5.41) is 9.85. The van der Waals surface area contributed by atoms with Gasteiger partial charge in [0.2, 0.25) is 0 Å². The molecule has 1 aromatic carbocycles. The maximum Gasteiger partial charge on any atom is 0.341 e. The van der Waals surface area contributed by atoms with E-state index in [1.165, 1.54) is 18.9 Å². The fraction of sp³-hybridized carbons (Fsp3) is 0.188. The van der Waals surface area contributed by atoms with Crippen LogP contribution in [-0.2, 0) is 10.5 Å². The van der Waals surface area contributed by atoms with E-state index in [-0.39, 0.29) is 16.8 Å². The van der Waals surface area contributed by atoms with Gasteiger partial charge in [0, 0.05) is 5.75 Å². The average Bonchev–Trinajstić information content (AvgIpc) is 2.53. The van der Waals surface area contributed by atoms with Crippen LogP contribution in [0.15, 0.2) is 35.4 Å². The molecule has 0 radical (unpaired) electrons. The summed E-state index contributed by atoms with van der Waals surface area (Å²) in [4.78, 5) is 16.1. The van der Waals surface area contributed by atoms with Crippen LogP contribution in [0.2, 0.25) is 0 Å². The number of carbonyl (C=O) groups excluding carboxylic acids is 1. The van der Waals surface area contributed by atoms with Gasteiger partial charge < -0.3 is 10.5 Å². The molecule has 0 aliphatic heterocycles. The van der Waals surface area contributed by atoms with E-state index in [0.29, 0.717) is 16.5 Å². The molecule has 2 rings (SSSR count). The SMILES string of the molecule is COC(=O)c1c(C)nc(SCc2ccccc2)c(C#N)c1N. The molecule has 5 nitrogen and oxygen atoms in total. The third-order valence-electron chi connectivity index (χ3n) is 3.10. The predicted octanol–water partition coefficient (Wildman–Crippen LogP) is 2.92. The van der Waals surface area contributed by atoms with Gasteiger partial charge in [-0.3, -0.25) is 0 Å². The highest BCUT2D eigenvalue weighted by Gasteiger charge is 2.21. The van der Waals surface area contributed by atoms with Crippen molar-refractivity contribution >= 4 is 23.4 Å². The Labute approximate surface area is 133 Å². The predicted molar refractivity (Wildman–Crippen MR) is 85.4 cm³/mol. The first-order chi connectivity index (χ1) is 10.6. The van der Waals surface area contributed by atoms with E-state index < -0.39 is 5.97 Å². The van der Waals surface area contributed by atoms with Gasteiger partial charge in [0.1, 0.15) is 22.2 Å². The highest BCUT2D eigenvalue weighted by molar-refractivity contribution is 7.98. The van der Waals surface area contributed by atoms with E-state index >= 15 is 0 Å². The number of benzene rings is 1. The van der Waals surface area contributed by atoms with Crippen molar-refractivity contribution in [3.8, 4) is 6.07 Å². The molecule has 0 fully saturated rings. The second-order valence-electron chi connectivity index (χ2n) is 4.54. The lowest BCUT2D eigenvalue weighted by Gasteiger charge is -2.12. The largest absolute Gasteiger partial charge is 0.465 e. The van der Waals surface area contributed by atoms with Crippen LogP contribution in [0.25, 0.3) is 0 Å². The second kappa shape index (κ2) is 6.96. The molecule has 2 aromatic rings. The topological polar surface area (TPSA) is 89.0 Å². The minimum Gasteiger partial charge on any atom is -0.465 e. The molecule has 0 atom stereocenters. The second-order valence-corrected chi connectivity index (χ2v) is 5.51. The van der Waals surface area contributed by atoms with Crippen LogP contribution >= 0.6 is 11.8 Å². The van der Waals surface area contributed by atoms with Crippen molar-refractivity contribution in [3.63, 3.8) is 0 Å². The van der Waals surface area contributed by atoms with Crippen LogP contribution in [-0.4, -0.2) is 18.1 Å². The molecule has 1 heterocycles. The highest BCUT2D eigenvalue weighted by Crippen LogP contribution is 2.31. The first kappa shape index (κ1) is 15.9. The summed E-state index contributed by atoms with van der Waals surface area (Å²) in [5.41, 5.74) is 8.03. The Bertz CT molecular complexity index is 739. The number of rotatable bonds is 4. The zero-order chi connectivity index (χ0) is 16.1. The van der Waals surface area contributed by atoms with Crippen LogP contribution in [0.1, 0.15) is 27.2 Å². The Morgan fingerprint density at radius 1 is 1.41 bits per heavy atom. The fourth-order valence-corrected chi connectivity index (χ4v) is 2.99. The molecule has 112 valence electrons. The van der Waals surface area contributed by atoms with Crippen molar-refractivity contribution in [2.45, 2.75) is 17.7 Å². The van der Waals surface area contributed by atoms with E-state index in [9.17, 15) is 10.1 Å². The Hall–Kier alpha value is -2.52. The minimum absolute atomic E-state index is 0.123. The molecule has 0 saturated heterocycles. The van der Waals surface area contributed by atoms with Crippen molar-refractivity contribution < 1.29 is 9.53 Å². The van der Waals surface area contributed by atoms with Crippen molar-refractivity contribution in [3.05, 3.63) is 52.7 Å². The van der Waals surface area contributed by atoms with E-state index in [1.807, 2.05) is 36.4 Å². The van der Waals surface area contributed by atoms with Crippen molar-refractivity contribution in [1.82, 2.24) is 4.98 Å². The molecule has 2 N–H and O–H groups in total. The van der Waals surface area contributed by atoms with Gasteiger partial charge in [-0.25, -0.2) is 9.78 Å². The number of pyridine rings is 1. The summed E-state index contributed by atoms with van der Waals surface area (Å²) in [6, 6.07) is 11.9. The number of ether oxygens (including phenoxy) is 1. The van der Waals surface area contributed by atoms with Gasteiger partial charge in [0.25, 0.3) is 0 Å². The number of hydrogen-bond acceptors (Lipinski definition) is 6. The third-order valence-corrected chi connectivity index (χ3v) is 4.15. The van der Waals surface area contributed by atoms with Gasteiger partial charge in [-0.1, -0.05) is 30.3 Å². The lowest BCUT2D eigenvalue weighted by atomic mass is 10.1. The third kappa shape index (κ3) is 3.21. The minimum atomic E-state index is -0.585. The number of carbonyl (C=O) groups is 1. The summed E-state index contributed by atoms with van der Waals surface area (Å²) in [7, 11) is 1.27. The summed E-state index contributed by atoms with van der Waals surface area (Å²) < 4.78 is 4.69. The molecule has 22 heavy (non-hydrogen) atoms. The highest BCUT2D eigenvalue weighted by atomic mass is 32.2. The van der Waals surface area contributed by atoms with Crippen molar-refractivity contribution in [1.29, 1.82) is 5.26 Å². The molecule has 0 unspecified atom stereocenters. The first-order valence-corrected chi connectivity index (χ1v) is 7.52. The van der Waals surface area contributed by atoms with Crippen molar-refractivity contribution in [2.75, 3.05) is 12.8 Å². The molecule has 0 amide bonds. The fourth-order valence-electron chi connectivity index (χ4n) is 2.00. The molecular formula is C16H15N3O2S. The molecule has 0 aliphatic rings. The summed E-state index contributed by atoms with van der Waals surface area (Å²) >= 11 is 1.42. The van der Waals surface area contributed by atoms with Crippen LogP contribution in [0.3, 0.4) is 0 Å². The lowest BCUT2D eigenvalue weighted by Crippen LogP contribution is -2.12. The number of nitriles is 1. The molecule has 0 bridgehead atoms. The molecule has 0 saturated carbocycles. The van der Waals surface area contributed by atoms with Gasteiger partial charge in [0.05, 0.1) is 18.5 Å². The summed E-state index contributed by atoms with van der Waals surface area (Å²) in [5.74, 6) is 0.0810. The number of methoxy groups -OCH3 is 1. The normalized spacial score (nSPS) is 10.0. The van der Waals surface area contributed by atoms with E-state index in [1.54, 1.807) is 6.92 Å². The van der Waals surface area contributed by atoms with Gasteiger partial charge in [0.15, 0.2) is 0 Å². The first-order valence-electron chi connectivity index (χ1n) is 6.53. The number of nitrogen functional groups attached to an aromatic ring is 1. The smallest absolute Gasteiger partial charge is 0.341 e. The Balaban J connectivity index is 2.37. The number of anilines is 1. The Kier molecular flexibility index (Phi) is 5.02. The Morgan fingerprint density at radius 3 is 2.68 bits per heavy atom. The van der Waals surface area contributed by atoms with Crippen LogP contribution in [0.5, 0.6) is 0 Å². The standard InChI is InChI=1S/C16H15N3O2S/c1-10-13(16(20)21-2)14(18)12(8-17)15(19-10)22-9-11-6-4-3-5-7-11/h3-7H,9H2,1-2H3,(H2,18,19). The van der Waals surface area contributed by atoms with Crippen LogP contribution < -0.4 is 5.73 Å². The monoisotopic (exact) mass is 313 g/mol. The number of nitrogens with zero attached hydrogens (tertiary/aromatic N) is 2. The number of aryl methyl sites for hydroxylation is 1. The van der Waals surface area contributed by atoms with Gasteiger partial charge in [-0.15, -0.1) is 11.8 Å². The zero-order valence-corrected chi connectivity index (χ0v) is 13.1. The van der Waals surface area contributed by atoms with E-state index in [4.69, 9.17) is 10.5 Å². The molecule has 6 heteroatoms. The average molecular weight is 313 g/mol. The van der Waals surface area contributed by atoms with Gasteiger partial charge in [-0.2, -0.15) is 5.26 Å². The maximum atomic E-state index is 11.8. The summed E-state index contributed by atoms with van der Waals surface area (Å²) in [6.07, 6.45) is 0. The van der Waals surface area contributed by atoms with Crippen LogP contribution in [0.4, 0.5) is 5.69 Å². The molecule has 0 aliphatic carbocycles. The summed E-state index contributed by atoms with van der Waals surface area (Å²) in [6.45, 7) is 1.68. The Morgan fingerprint density at radius 2 is 2.09 bits per heavy atom. The lowest BCUT2D eigenvalue weighted by molar-refractivity contribution is 0.0600. The van der Waals surface area contributed by atoms with E-state index in [0.717, 1.165) is 5.56 Å². The molecule has 1 aromatic heterocycles. The quantitative estimate of drug-likeness (QED) is 0.689. The zero-order valence-electron chi connectivity index (χ0n) is 12.3. The van der Waals surface area contributed by atoms with Crippen molar-refractivity contribution in [2.24, 2.45) is 0 Å². The number of aromatic nitrogens is 1. The van der Waals surface area contributed by atoms with E-state index in [2.05, 4.69) is 4.98 Å². The number of esters is 1. The number of hydrogen-bond donors (Lipinski definition) is 1. The van der Waals surface area contributed by atoms with Gasteiger partial charge in [-0.05, 0) is 12.5 Å². The maximum absolute atomic E-state index is 11.8. The number of nitrogens with two attached hydrogens (primary N) is 1.